The fourth-order valence-corrected chi connectivity index (χ4v) is 3.73. The van der Waals surface area contributed by atoms with Gasteiger partial charge in [0.2, 0.25) is 0 Å². The third-order valence-corrected chi connectivity index (χ3v) is 5.68. The SMILES string of the molecule is CCCCCCC(CCCN(CCCC)CCCC)OC(=O)c1ccc(NC(=O)O)cc1.Cl. The zero-order valence-corrected chi connectivity index (χ0v) is 21.6. The monoisotopic (exact) mass is 484 g/mol. The van der Waals surface area contributed by atoms with Crippen LogP contribution in [-0.4, -0.2) is 47.8 Å². The molecule has 0 aliphatic carbocycles. The number of esters is 1. The van der Waals surface area contributed by atoms with Crippen LogP contribution in [0.5, 0.6) is 0 Å². The van der Waals surface area contributed by atoms with Crippen molar-refractivity contribution in [1.82, 2.24) is 4.90 Å². The van der Waals surface area contributed by atoms with Crippen molar-refractivity contribution in [3.8, 4) is 0 Å². The van der Waals surface area contributed by atoms with E-state index in [9.17, 15) is 9.59 Å². The Morgan fingerprint density at radius 1 is 0.848 bits per heavy atom. The molecule has 0 aliphatic heterocycles. The van der Waals surface area contributed by atoms with Gasteiger partial charge in [-0.3, -0.25) is 5.32 Å². The summed E-state index contributed by atoms with van der Waals surface area (Å²) < 4.78 is 5.89. The molecule has 33 heavy (non-hydrogen) atoms. The standard InChI is InChI=1S/C26H44N2O4.ClH/c1-4-7-10-11-13-24(14-12-21-28(19-8-5-2)20-9-6-3)32-25(29)22-15-17-23(18-16-22)27-26(30)31;/h15-18,24,27H,4-14,19-21H2,1-3H3,(H,30,31);1H. The molecule has 0 saturated heterocycles. The van der Waals surface area contributed by atoms with Crippen molar-refractivity contribution in [2.45, 2.75) is 97.5 Å². The van der Waals surface area contributed by atoms with E-state index in [2.05, 4.69) is 31.0 Å². The lowest BCUT2D eigenvalue weighted by Gasteiger charge is -2.24. The second kappa shape index (κ2) is 19.7. The first-order chi connectivity index (χ1) is 15.5. The molecule has 1 amide bonds. The minimum Gasteiger partial charge on any atom is -0.465 e. The average Bonchev–Trinajstić information content (AvgIpc) is 2.77. The smallest absolute Gasteiger partial charge is 0.409 e. The number of nitrogens with zero attached hydrogens (tertiary/aromatic N) is 1. The number of ether oxygens (including phenoxy) is 1. The number of amides is 1. The molecule has 7 heteroatoms. The van der Waals surface area contributed by atoms with Crippen LogP contribution in [0.3, 0.4) is 0 Å². The van der Waals surface area contributed by atoms with Crippen LogP contribution in [0, 0.1) is 0 Å². The highest BCUT2D eigenvalue weighted by Crippen LogP contribution is 2.17. The molecule has 0 aliphatic rings. The summed E-state index contributed by atoms with van der Waals surface area (Å²) in [6.45, 7) is 10.0. The molecule has 0 saturated carbocycles. The van der Waals surface area contributed by atoms with Gasteiger partial charge in [-0.1, -0.05) is 52.9 Å². The average molecular weight is 485 g/mol. The predicted molar refractivity (Wildman–Crippen MR) is 139 cm³/mol. The minimum atomic E-state index is -1.13. The van der Waals surface area contributed by atoms with Gasteiger partial charge in [0, 0.05) is 5.69 Å². The van der Waals surface area contributed by atoms with E-state index in [1.54, 1.807) is 24.3 Å². The summed E-state index contributed by atoms with van der Waals surface area (Å²) in [5.74, 6) is -0.332. The van der Waals surface area contributed by atoms with Gasteiger partial charge in [-0.05, 0) is 82.4 Å². The van der Waals surface area contributed by atoms with E-state index in [1.807, 2.05) is 0 Å². The molecule has 6 nitrogen and oxygen atoms in total. The highest BCUT2D eigenvalue weighted by molar-refractivity contribution is 5.91. The predicted octanol–water partition coefficient (Wildman–Crippen LogP) is 7.38. The molecule has 1 unspecified atom stereocenters. The lowest BCUT2D eigenvalue weighted by Crippen LogP contribution is -2.28. The van der Waals surface area contributed by atoms with Crippen molar-refractivity contribution in [1.29, 1.82) is 0 Å². The van der Waals surface area contributed by atoms with Crippen molar-refractivity contribution < 1.29 is 19.4 Å². The van der Waals surface area contributed by atoms with E-state index >= 15 is 0 Å². The van der Waals surface area contributed by atoms with E-state index in [1.165, 1.54) is 44.9 Å². The molecule has 0 heterocycles. The molecule has 1 aromatic rings. The molecule has 0 fully saturated rings. The summed E-state index contributed by atoms with van der Waals surface area (Å²) in [5.41, 5.74) is 0.886. The number of nitrogens with one attached hydrogen (secondary N) is 1. The van der Waals surface area contributed by atoms with Crippen LogP contribution in [0.1, 0.15) is 102 Å². The van der Waals surface area contributed by atoms with E-state index in [-0.39, 0.29) is 24.5 Å². The Kier molecular flexibility index (Phi) is 18.6. The molecule has 0 radical (unpaired) electrons. The van der Waals surface area contributed by atoms with Crippen molar-refractivity contribution >= 4 is 30.2 Å². The Bertz CT molecular complexity index is 632. The zero-order chi connectivity index (χ0) is 23.6. The van der Waals surface area contributed by atoms with Crippen molar-refractivity contribution in [2.75, 3.05) is 25.0 Å². The number of anilines is 1. The Morgan fingerprint density at radius 2 is 1.39 bits per heavy atom. The van der Waals surface area contributed by atoms with Gasteiger partial charge in [0.15, 0.2) is 0 Å². The second-order valence-corrected chi connectivity index (χ2v) is 8.58. The van der Waals surface area contributed by atoms with Crippen LogP contribution in [0.25, 0.3) is 0 Å². The van der Waals surface area contributed by atoms with Crippen LogP contribution < -0.4 is 5.32 Å². The van der Waals surface area contributed by atoms with Crippen LogP contribution in [0.2, 0.25) is 0 Å². The van der Waals surface area contributed by atoms with Crippen molar-refractivity contribution in [2.24, 2.45) is 0 Å². The molecule has 0 bridgehead atoms. The van der Waals surface area contributed by atoms with Gasteiger partial charge in [-0.25, -0.2) is 9.59 Å². The fraction of sp³-hybridized carbons (Fsp3) is 0.692. The molecule has 1 atom stereocenters. The Hall–Kier alpha value is -1.79. The van der Waals surface area contributed by atoms with Gasteiger partial charge in [-0.15, -0.1) is 12.4 Å². The van der Waals surface area contributed by atoms with Crippen LogP contribution in [0.4, 0.5) is 10.5 Å². The minimum absolute atomic E-state index is 0. The van der Waals surface area contributed by atoms with Gasteiger partial charge < -0.3 is 14.7 Å². The van der Waals surface area contributed by atoms with Gasteiger partial charge in [0.25, 0.3) is 0 Å². The van der Waals surface area contributed by atoms with Gasteiger partial charge in [0.1, 0.15) is 6.10 Å². The van der Waals surface area contributed by atoms with Crippen molar-refractivity contribution in [3.05, 3.63) is 29.8 Å². The quantitative estimate of drug-likeness (QED) is 0.168. The summed E-state index contributed by atoms with van der Waals surface area (Å²) in [6, 6.07) is 6.39. The molecule has 1 aromatic carbocycles. The lowest BCUT2D eigenvalue weighted by atomic mass is 10.0. The fourth-order valence-electron chi connectivity index (χ4n) is 3.73. The summed E-state index contributed by atoms with van der Waals surface area (Å²) in [4.78, 5) is 26.0. The lowest BCUT2D eigenvalue weighted by molar-refractivity contribution is 0.0243. The molecule has 1 rings (SSSR count). The molecular weight excluding hydrogens is 440 g/mol. The molecule has 190 valence electrons. The van der Waals surface area contributed by atoms with E-state index in [4.69, 9.17) is 9.84 Å². The van der Waals surface area contributed by atoms with Gasteiger partial charge >= 0.3 is 12.1 Å². The number of carbonyl (C=O) groups excluding carboxylic acids is 1. The molecule has 2 N–H and O–H groups in total. The summed E-state index contributed by atoms with van der Waals surface area (Å²) in [6.07, 6.45) is 11.1. The van der Waals surface area contributed by atoms with Crippen LogP contribution >= 0.6 is 12.4 Å². The number of carbonyl (C=O) groups is 2. The maximum Gasteiger partial charge on any atom is 0.409 e. The maximum atomic E-state index is 12.7. The number of hydrogen-bond donors (Lipinski definition) is 2. The third-order valence-electron chi connectivity index (χ3n) is 5.68. The normalized spacial score (nSPS) is 11.6. The number of rotatable bonds is 18. The summed E-state index contributed by atoms with van der Waals surface area (Å²) in [5, 5.41) is 11.1. The number of benzene rings is 1. The Labute approximate surface area is 206 Å². The topological polar surface area (TPSA) is 78.9 Å². The van der Waals surface area contributed by atoms with Crippen molar-refractivity contribution in [3.63, 3.8) is 0 Å². The Balaban J connectivity index is 0.0000102. The maximum absolute atomic E-state index is 12.7. The van der Waals surface area contributed by atoms with Crippen LogP contribution in [-0.2, 0) is 4.74 Å². The van der Waals surface area contributed by atoms with E-state index in [0.29, 0.717) is 11.3 Å². The first-order valence-corrected chi connectivity index (χ1v) is 12.5. The summed E-state index contributed by atoms with van der Waals surface area (Å²) in [7, 11) is 0. The first-order valence-electron chi connectivity index (χ1n) is 12.5. The number of carboxylic acid groups (broad SMARTS) is 1. The summed E-state index contributed by atoms with van der Waals surface area (Å²) >= 11 is 0. The van der Waals surface area contributed by atoms with Crippen LogP contribution in [0.15, 0.2) is 24.3 Å². The largest absolute Gasteiger partial charge is 0.465 e. The highest BCUT2D eigenvalue weighted by Gasteiger charge is 2.17. The van der Waals surface area contributed by atoms with E-state index < -0.39 is 6.09 Å². The Morgan fingerprint density at radius 3 is 1.94 bits per heavy atom. The van der Waals surface area contributed by atoms with Gasteiger partial charge in [0.05, 0.1) is 5.56 Å². The third kappa shape index (κ3) is 14.9. The second-order valence-electron chi connectivity index (χ2n) is 8.58. The number of unbranched alkanes of at least 4 members (excludes halogenated alkanes) is 5. The zero-order valence-electron chi connectivity index (χ0n) is 20.8. The number of halogens is 1. The van der Waals surface area contributed by atoms with E-state index in [0.717, 1.165) is 45.3 Å². The first kappa shape index (κ1) is 31.2. The molecule has 0 aromatic heterocycles. The highest BCUT2D eigenvalue weighted by atomic mass is 35.5. The molecular formula is C26H45ClN2O4. The van der Waals surface area contributed by atoms with Gasteiger partial charge in [-0.2, -0.15) is 0 Å². The number of hydrogen-bond acceptors (Lipinski definition) is 4. The molecule has 0 spiro atoms.